The topological polar surface area (TPSA) is 80.3 Å². The maximum absolute atomic E-state index is 10.2. The second kappa shape index (κ2) is 42.0. The summed E-state index contributed by atoms with van der Waals surface area (Å²) in [5.41, 5.74) is 0. The molecule has 0 aliphatic rings. The van der Waals surface area contributed by atoms with Crippen molar-refractivity contribution in [3.63, 3.8) is 0 Å². The van der Waals surface area contributed by atoms with E-state index in [1.165, 1.54) is 128 Å². The summed E-state index contributed by atoms with van der Waals surface area (Å²) in [5.74, 6) is -1.83. The Morgan fingerprint density at radius 3 is 0.854 bits per heavy atom. The molecule has 0 radical (unpaired) electrons. The number of unbranched alkanes of at least 4 members (excludes halogenated alkanes) is 22. The van der Waals surface area contributed by atoms with Gasteiger partial charge in [-0.3, -0.25) is 0 Å². The van der Waals surface area contributed by atoms with Gasteiger partial charge in [0.15, 0.2) is 0 Å². The fourth-order valence-electron chi connectivity index (χ4n) is 4.68. The summed E-state index contributed by atoms with van der Waals surface area (Å²) >= 11 is 0. The maximum atomic E-state index is 10.2. The average Bonchev–Trinajstić information content (AvgIpc) is 2.93. The van der Waals surface area contributed by atoms with E-state index in [1.54, 1.807) is 0 Å². The Labute approximate surface area is 292 Å². The number of allylic oxidation sites excluding steroid dienone is 4. The molecule has 0 aromatic carbocycles. The Kier molecular flexibility index (Phi) is 46.5. The van der Waals surface area contributed by atoms with Crippen LogP contribution in [-0.2, 0) is 9.59 Å². The largest absolute Gasteiger partial charge is 2.00 e. The molecule has 0 aliphatic heterocycles. The molecular formula is C36H66O4Sr. The minimum Gasteiger partial charge on any atom is -0.550 e. The minimum atomic E-state index is -0.914. The second-order valence-corrected chi connectivity index (χ2v) is 11.4. The first-order valence-electron chi connectivity index (χ1n) is 17.2. The Morgan fingerprint density at radius 1 is 0.390 bits per heavy atom. The minimum absolute atomic E-state index is 0. The Bertz CT molecular complexity index is 524. The van der Waals surface area contributed by atoms with E-state index in [0.29, 0.717) is 0 Å². The van der Waals surface area contributed by atoms with Crippen LogP contribution in [0.3, 0.4) is 0 Å². The van der Waals surface area contributed by atoms with Crippen molar-refractivity contribution in [3.05, 3.63) is 24.3 Å². The molecule has 0 unspecified atom stereocenters. The molecule has 0 aromatic rings. The first-order valence-corrected chi connectivity index (χ1v) is 17.2. The van der Waals surface area contributed by atoms with Crippen molar-refractivity contribution in [1.29, 1.82) is 0 Å². The van der Waals surface area contributed by atoms with Crippen LogP contribution in [0.25, 0.3) is 0 Å². The molecule has 0 aromatic heterocycles. The summed E-state index contributed by atoms with van der Waals surface area (Å²) in [6.07, 6.45) is 41.8. The Morgan fingerprint density at radius 2 is 0.610 bits per heavy atom. The zero-order valence-electron chi connectivity index (χ0n) is 27.4. The van der Waals surface area contributed by atoms with E-state index in [1.807, 2.05) is 0 Å². The summed E-state index contributed by atoms with van der Waals surface area (Å²) in [6, 6.07) is 0. The van der Waals surface area contributed by atoms with Gasteiger partial charge in [-0.15, -0.1) is 0 Å². The molecule has 0 heterocycles. The standard InChI is InChI=1S/2C18H34O2.Sr/c2*1-2-3-4-5-6-7-8-9-10-11-12-13-14-15-16-17-18(19)20;/h2*9-10H,2-8,11-17H2,1H3,(H,19,20);/q;;+2/p-2. The summed E-state index contributed by atoms with van der Waals surface area (Å²) < 4.78 is 0. The van der Waals surface area contributed by atoms with E-state index in [-0.39, 0.29) is 58.3 Å². The summed E-state index contributed by atoms with van der Waals surface area (Å²) in [5, 5.41) is 20.4. The first kappa shape index (κ1) is 45.3. The third kappa shape index (κ3) is 49.9. The molecule has 41 heavy (non-hydrogen) atoms. The van der Waals surface area contributed by atoms with E-state index in [4.69, 9.17) is 0 Å². The number of carbonyl (C=O) groups is 2. The van der Waals surface area contributed by atoms with Crippen LogP contribution in [0.15, 0.2) is 24.3 Å². The van der Waals surface area contributed by atoms with Gasteiger partial charge in [-0.25, -0.2) is 0 Å². The van der Waals surface area contributed by atoms with Gasteiger partial charge in [0.25, 0.3) is 0 Å². The van der Waals surface area contributed by atoms with Crippen LogP contribution >= 0.6 is 0 Å². The number of carbonyl (C=O) groups excluding carboxylic acids is 2. The molecule has 0 atom stereocenters. The van der Waals surface area contributed by atoms with Gasteiger partial charge in [-0.2, -0.15) is 0 Å². The zero-order chi connectivity index (χ0) is 29.8. The van der Waals surface area contributed by atoms with Crippen LogP contribution < -0.4 is 10.2 Å². The molecule has 0 spiro atoms. The van der Waals surface area contributed by atoms with Gasteiger partial charge in [0.1, 0.15) is 0 Å². The smallest absolute Gasteiger partial charge is 0.550 e. The van der Waals surface area contributed by atoms with Gasteiger partial charge in [-0.1, -0.05) is 141 Å². The van der Waals surface area contributed by atoms with Gasteiger partial charge in [0.05, 0.1) is 0 Å². The third-order valence-corrected chi connectivity index (χ3v) is 7.29. The van der Waals surface area contributed by atoms with Crippen LogP contribution in [-0.4, -0.2) is 57.4 Å². The fourth-order valence-corrected chi connectivity index (χ4v) is 4.68. The number of carboxylic acids is 2. The molecule has 236 valence electrons. The maximum Gasteiger partial charge on any atom is 2.00 e. The van der Waals surface area contributed by atoms with Gasteiger partial charge >= 0.3 is 45.5 Å². The number of hydrogen-bond donors (Lipinski definition) is 0. The van der Waals surface area contributed by atoms with Gasteiger partial charge in [0.2, 0.25) is 0 Å². The van der Waals surface area contributed by atoms with Crippen LogP contribution in [0.1, 0.15) is 194 Å². The predicted molar refractivity (Wildman–Crippen MR) is 175 cm³/mol. The normalized spacial score (nSPS) is 11.0. The number of rotatable bonds is 30. The van der Waals surface area contributed by atoms with Gasteiger partial charge < -0.3 is 19.8 Å². The number of carboxylic acid groups (broad SMARTS) is 2. The van der Waals surface area contributed by atoms with Crippen LogP contribution in [0.4, 0.5) is 0 Å². The van der Waals surface area contributed by atoms with Crippen molar-refractivity contribution in [2.24, 2.45) is 0 Å². The molecule has 0 N–H and O–H groups in total. The van der Waals surface area contributed by atoms with E-state index in [9.17, 15) is 19.8 Å². The van der Waals surface area contributed by atoms with E-state index < -0.39 is 11.9 Å². The molecular weight excluding hydrogens is 584 g/mol. The van der Waals surface area contributed by atoms with Crippen molar-refractivity contribution >= 4 is 57.4 Å². The second-order valence-electron chi connectivity index (χ2n) is 11.4. The van der Waals surface area contributed by atoms with Crippen molar-refractivity contribution in [1.82, 2.24) is 0 Å². The summed E-state index contributed by atoms with van der Waals surface area (Å²) in [7, 11) is 0. The van der Waals surface area contributed by atoms with E-state index >= 15 is 0 Å². The molecule has 0 saturated carbocycles. The van der Waals surface area contributed by atoms with Crippen LogP contribution in [0.5, 0.6) is 0 Å². The van der Waals surface area contributed by atoms with Gasteiger partial charge in [0, 0.05) is 11.9 Å². The number of hydrogen-bond acceptors (Lipinski definition) is 4. The molecule has 0 saturated heterocycles. The van der Waals surface area contributed by atoms with Crippen molar-refractivity contribution in [3.8, 4) is 0 Å². The third-order valence-electron chi connectivity index (χ3n) is 7.29. The fraction of sp³-hybridized carbons (Fsp3) is 0.833. The Balaban J connectivity index is -0.000000688. The Hall–Kier alpha value is -0.0995. The molecule has 5 heteroatoms. The molecule has 0 bridgehead atoms. The molecule has 0 rings (SSSR count). The van der Waals surface area contributed by atoms with E-state index in [2.05, 4.69) is 38.2 Å². The van der Waals surface area contributed by atoms with Crippen LogP contribution in [0.2, 0.25) is 0 Å². The SMILES string of the molecule is CCCCCCCCC=CCCCCCCCC(=O)[O-].CCCCCCCCC=CCCCCCCCC(=O)[O-].[Sr+2]. The van der Waals surface area contributed by atoms with Gasteiger partial charge in [-0.05, 0) is 77.0 Å². The number of aliphatic carboxylic acids is 2. The molecule has 0 aliphatic carbocycles. The van der Waals surface area contributed by atoms with Crippen molar-refractivity contribution in [2.45, 2.75) is 194 Å². The van der Waals surface area contributed by atoms with Crippen molar-refractivity contribution in [2.75, 3.05) is 0 Å². The molecule has 4 nitrogen and oxygen atoms in total. The summed E-state index contributed by atoms with van der Waals surface area (Å²) in [6.45, 7) is 4.51. The first-order chi connectivity index (χ1) is 19.5. The van der Waals surface area contributed by atoms with E-state index in [0.717, 1.165) is 38.5 Å². The monoisotopic (exact) mass is 650 g/mol. The zero-order valence-corrected chi connectivity index (χ0v) is 30.9. The molecule has 0 amide bonds. The van der Waals surface area contributed by atoms with Crippen molar-refractivity contribution < 1.29 is 19.8 Å². The quantitative estimate of drug-likeness (QED) is 0.0441. The average molecular weight is 651 g/mol. The van der Waals surface area contributed by atoms with Crippen LogP contribution in [0, 0.1) is 0 Å². The summed E-state index contributed by atoms with van der Waals surface area (Å²) in [4.78, 5) is 20.4. The molecule has 0 fully saturated rings. The predicted octanol–water partition coefficient (Wildman–Crippen LogP) is 9.17.